The van der Waals surface area contributed by atoms with Gasteiger partial charge in [0.25, 0.3) is 0 Å². The Kier molecular flexibility index (Phi) is 10.1. The van der Waals surface area contributed by atoms with Gasteiger partial charge in [-0.1, -0.05) is 19.9 Å². The molecule has 0 saturated heterocycles. The highest BCUT2D eigenvalue weighted by Gasteiger charge is 2.00. The van der Waals surface area contributed by atoms with Crippen LogP contribution in [0.5, 0.6) is 0 Å². The third-order valence-corrected chi connectivity index (χ3v) is 2.46. The minimum absolute atomic E-state index is 0.349. The number of rotatable bonds is 10. The lowest BCUT2D eigenvalue weighted by Crippen LogP contribution is -2.26. The Morgan fingerprint density at radius 3 is 2.25 bits per heavy atom. The van der Waals surface area contributed by atoms with Gasteiger partial charge in [-0.3, -0.25) is 4.79 Å². The summed E-state index contributed by atoms with van der Waals surface area (Å²) in [6.45, 7) is 8.01. The second-order valence-electron chi connectivity index (χ2n) is 4.14. The Hall–Kier alpha value is -0.830. The van der Waals surface area contributed by atoms with E-state index in [1.54, 1.807) is 0 Å². The van der Waals surface area contributed by atoms with Crippen molar-refractivity contribution in [1.29, 1.82) is 0 Å². The van der Waals surface area contributed by atoms with Crippen LogP contribution in [0.1, 0.15) is 46.0 Å². The van der Waals surface area contributed by atoms with Crippen LogP contribution in [-0.4, -0.2) is 30.4 Å². The van der Waals surface area contributed by atoms with Crippen LogP contribution in [0, 0.1) is 0 Å². The lowest BCUT2D eigenvalue weighted by molar-refractivity contribution is -0.113. The Morgan fingerprint density at radius 1 is 1.12 bits per heavy atom. The molecule has 0 aromatic rings. The molecule has 0 heterocycles. The van der Waals surface area contributed by atoms with E-state index in [9.17, 15) is 4.79 Å². The number of carbonyl (C=O) groups is 1. The number of nitrogens with zero attached hydrogens (tertiary/aromatic N) is 1. The Labute approximate surface area is 99.7 Å². The lowest BCUT2D eigenvalue weighted by Gasteiger charge is -2.20. The second kappa shape index (κ2) is 10.7. The lowest BCUT2D eigenvalue weighted by atomic mass is 10.2. The molecule has 0 bridgehead atoms. The fraction of sp³-hybridized carbons (Fsp3) is 0.769. The third kappa shape index (κ3) is 9.71. The molecular weight excluding hydrogens is 200 g/mol. The van der Waals surface area contributed by atoms with Crippen molar-refractivity contribution in [3.05, 3.63) is 12.2 Å². The van der Waals surface area contributed by atoms with Crippen molar-refractivity contribution in [1.82, 2.24) is 4.90 Å². The average Bonchev–Trinajstić information content (AvgIpc) is 2.23. The van der Waals surface area contributed by atoms with Crippen molar-refractivity contribution >= 4 is 5.91 Å². The van der Waals surface area contributed by atoms with Gasteiger partial charge in [0.2, 0.25) is 5.91 Å². The standard InChI is InChI=1S/C13H26N2O/c1-3-10-15(11-4-2)12-8-6-5-7-9-13(14)16/h7,9H,3-6,8,10-12H2,1-2H3,(H2,14,16). The molecule has 0 aromatic heterocycles. The number of unbranched alkanes of at least 4 members (excludes halogenated alkanes) is 2. The summed E-state index contributed by atoms with van der Waals surface area (Å²) in [5.41, 5.74) is 5.00. The van der Waals surface area contributed by atoms with E-state index in [0.29, 0.717) is 0 Å². The average molecular weight is 226 g/mol. The van der Waals surface area contributed by atoms with Crippen molar-refractivity contribution in [2.75, 3.05) is 19.6 Å². The fourth-order valence-corrected chi connectivity index (χ4v) is 1.76. The summed E-state index contributed by atoms with van der Waals surface area (Å²) < 4.78 is 0. The van der Waals surface area contributed by atoms with Crippen LogP contribution in [0.3, 0.4) is 0 Å². The summed E-state index contributed by atoms with van der Waals surface area (Å²) >= 11 is 0. The van der Waals surface area contributed by atoms with Crippen molar-refractivity contribution in [2.45, 2.75) is 46.0 Å². The van der Waals surface area contributed by atoms with Gasteiger partial charge in [0.15, 0.2) is 0 Å². The van der Waals surface area contributed by atoms with Crippen molar-refractivity contribution in [2.24, 2.45) is 5.73 Å². The quantitative estimate of drug-likeness (QED) is 0.459. The molecule has 0 aliphatic rings. The highest BCUT2D eigenvalue weighted by atomic mass is 16.1. The molecule has 0 aliphatic heterocycles. The van der Waals surface area contributed by atoms with Crippen LogP contribution >= 0.6 is 0 Å². The predicted molar refractivity (Wildman–Crippen MR) is 69.2 cm³/mol. The van der Waals surface area contributed by atoms with Gasteiger partial charge in [-0.25, -0.2) is 0 Å². The fourth-order valence-electron chi connectivity index (χ4n) is 1.76. The summed E-state index contributed by atoms with van der Waals surface area (Å²) in [6.07, 6.45) is 9.05. The second-order valence-corrected chi connectivity index (χ2v) is 4.14. The van der Waals surface area contributed by atoms with Crippen LogP contribution in [0.2, 0.25) is 0 Å². The molecule has 94 valence electrons. The first-order valence-corrected chi connectivity index (χ1v) is 6.39. The van der Waals surface area contributed by atoms with Gasteiger partial charge in [0, 0.05) is 0 Å². The zero-order chi connectivity index (χ0) is 12.2. The van der Waals surface area contributed by atoms with Gasteiger partial charge in [0.05, 0.1) is 0 Å². The van der Waals surface area contributed by atoms with E-state index in [0.717, 1.165) is 12.8 Å². The zero-order valence-electron chi connectivity index (χ0n) is 10.7. The SMILES string of the molecule is CCCN(CCC)CCCCC=CC(N)=O. The van der Waals surface area contributed by atoms with Gasteiger partial charge in [-0.2, -0.15) is 0 Å². The normalized spacial score (nSPS) is 11.4. The first-order chi connectivity index (χ1) is 7.70. The van der Waals surface area contributed by atoms with Crippen molar-refractivity contribution < 1.29 is 4.79 Å². The largest absolute Gasteiger partial charge is 0.366 e. The van der Waals surface area contributed by atoms with Crippen LogP contribution < -0.4 is 5.73 Å². The molecule has 2 N–H and O–H groups in total. The Morgan fingerprint density at radius 2 is 1.75 bits per heavy atom. The molecule has 16 heavy (non-hydrogen) atoms. The number of nitrogens with two attached hydrogens (primary N) is 1. The maximum atomic E-state index is 10.4. The van der Waals surface area contributed by atoms with Gasteiger partial charge in [0.1, 0.15) is 0 Å². The first-order valence-electron chi connectivity index (χ1n) is 6.39. The molecule has 3 nitrogen and oxygen atoms in total. The molecule has 0 aromatic carbocycles. The molecule has 0 atom stereocenters. The van der Waals surface area contributed by atoms with E-state index >= 15 is 0 Å². The van der Waals surface area contributed by atoms with E-state index in [-0.39, 0.29) is 5.91 Å². The van der Waals surface area contributed by atoms with Gasteiger partial charge < -0.3 is 10.6 Å². The zero-order valence-corrected chi connectivity index (χ0v) is 10.7. The van der Waals surface area contributed by atoms with E-state index in [1.165, 1.54) is 45.0 Å². The van der Waals surface area contributed by atoms with E-state index < -0.39 is 0 Å². The number of hydrogen-bond donors (Lipinski definition) is 1. The van der Waals surface area contributed by atoms with Crippen LogP contribution in [0.4, 0.5) is 0 Å². The predicted octanol–water partition coefficient (Wildman–Crippen LogP) is 2.32. The minimum atomic E-state index is -0.349. The maximum absolute atomic E-state index is 10.4. The highest BCUT2D eigenvalue weighted by Crippen LogP contribution is 2.01. The van der Waals surface area contributed by atoms with Gasteiger partial charge in [-0.05, 0) is 57.8 Å². The molecule has 0 fully saturated rings. The highest BCUT2D eigenvalue weighted by molar-refractivity contribution is 5.85. The number of carbonyl (C=O) groups excluding carboxylic acids is 1. The molecule has 1 amide bonds. The Balaban J connectivity index is 3.49. The first kappa shape index (κ1) is 15.2. The van der Waals surface area contributed by atoms with Crippen LogP contribution in [0.15, 0.2) is 12.2 Å². The summed E-state index contributed by atoms with van der Waals surface area (Å²) in [5, 5.41) is 0. The summed E-state index contributed by atoms with van der Waals surface area (Å²) in [7, 11) is 0. The smallest absolute Gasteiger partial charge is 0.241 e. The molecule has 0 aliphatic carbocycles. The molecule has 0 unspecified atom stereocenters. The number of primary amides is 1. The number of amides is 1. The molecule has 0 radical (unpaired) electrons. The summed E-state index contributed by atoms with van der Waals surface area (Å²) in [6, 6.07) is 0. The molecular formula is C13H26N2O. The van der Waals surface area contributed by atoms with Gasteiger partial charge >= 0.3 is 0 Å². The number of hydrogen-bond acceptors (Lipinski definition) is 2. The molecule has 0 rings (SSSR count). The monoisotopic (exact) mass is 226 g/mol. The Bertz CT molecular complexity index is 196. The molecule has 3 heteroatoms. The molecule has 0 spiro atoms. The minimum Gasteiger partial charge on any atom is -0.366 e. The van der Waals surface area contributed by atoms with E-state index in [4.69, 9.17) is 5.73 Å². The molecule has 0 saturated carbocycles. The summed E-state index contributed by atoms with van der Waals surface area (Å²) in [4.78, 5) is 12.9. The summed E-state index contributed by atoms with van der Waals surface area (Å²) in [5.74, 6) is -0.349. The van der Waals surface area contributed by atoms with Crippen LogP contribution in [-0.2, 0) is 4.79 Å². The van der Waals surface area contributed by atoms with E-state index in [2.05, 4.69) is 18.7 Å². The number of allylic oxidation sites excluding steroid dienone is 1. The van der Waals surface area contributed by atoms with E-state index in [1.807, 2.05) is 6.08 Å². The third-order valence-electron chi connectivity index (χ3n) is 2.46. The van der Waals surface area contributed by atoms with Crippen molar-refractivity contribution in [3.63, 3.8) is 0 Å². The van der Waals surface area contributed by atoms with Gasteiger partial charge in [-0.15, -0.1) is 0 Å². The van der Waals surface area contributed by atoms with Crippen LogP contribution in [0.25, 0.3) is 0 Å². The van der Waals surface area contributed by atoms with Crippen molar-refractivity contribution in [3.8, 4) is 0 Å². The maximum Gasteiger partial charge on any atom is 0.241 e. The topological polar surface area (TPSA) is 46.3 Å².